The van der Waals surface area contributed by atoms with Gasteiger partial charge in [0.15, 0.2) is 0 Å². The van der Waals surface area contributed by atoms with Gasteiger partial charge in [0.1, 0.15) is 35.2 Å². The molecular weight excluding hydrogens is 374 g/mol. The Morgan fingerprint density at radius 3 is 2.45 bits per heavy atom. The number of benzene rings is 2. The van der Waals surface area contributed by atoms with Gasteiger partial charge in [-0.25, -0.2) is 4.98 Å². The Morgan fingerprint density at radius 1 is 1.10 bits per heavy atom. The molecule has 29 heavy (non-hydrogen) atoms. The van der Waals surface area contributed by atoms with Gasteiger partial charge in [0.25, 0.3) is 0 Å². The predicted molar refractivity (Wildman–Crippen MR) is 105 cm³/mol. The van der Waals surface area contributed by atoms with Crippen molar-refractivity contribution in [2.24, 2.45) is 0 Å². The molecule has 8 nitrogen and oxygen atoms in total. The van der Waals surface area contributed by atoms with Crippen LogP contribution in [0.5, 0.6) is 17.2 Å². The van der Waals surface area contributed by atoms with E-state index in [-0.39, 0.29) is 13.0 Å². The average Bonchev–Trinajstić information content (AvgIpc) is 3.19. The van der Waals surface area contributed by atoms with E-state index in [0.29, 0.717) is 33.9 Å². The lowest BCUT2D eigenvalue weighted by Gasteiger charge is -2.13. The molecule has 1 aromatic heterocycles. The van der Waals surface area contributed by atoms with Gasteiger partial charge in [-0.15, -0.1) is 0 Å². The van der Waals surface area contributed by atoms with E-state index in [4.69, 9.17) is 24.2 Å². The van der Waals surface area contributed by atoms with Crippen LogP contribution in [-0.4, -0.2) is 37.3 Å². The second kappa shape index (κ2) is 8.97. The number of imidazole rings is 1. The van der Waals surface area contributed by atoms with Crippen molar-refractivity contribution < 1.29 is 23.7 Å². The lowest BCUT2D eigenvalue weighted by atomic mass is 9.95. The van der Waals surface area contributed by atoms with E-state index in [2.05, 4.69) is 9.97 Å². The summed E-state index contributed by atoms with van der Waals surface area (Å²) in [6.07, 6.45) is -0.00912. The first-order valence-corrected chi connectivity index (χ1v) is 8.88. The summed E-state index contributed by atoms with van der Waals surface area (Å²) in [5.41, 5.74) is 1.80. The third-order valence-corrected chi connectivity index (χ3v) is 4.50. The molecule has 1 heterocycles. The molecule has 0 saturated heterocycles. The number of fused-ring (bicyclic) bond motifs is 1. The third kappa shape index (κ3) is 4.24. The number of carbonyl (C=O) groups is 1. The number of nitriles is 1. The molecule has 150 valence electrons. The molecule has 8 heteroatoms. The van der Waals surface area contributed by atoms with Gasteiger partial charge < -0.3 is 23.9 Å². The van der Waals surface area contributed by atoms with Gasteiger partial charge in [0, 0.05) is 0 Å². The molecule has 1 atom stereocenters. The first-order valence-electron chi connectivity index (χ1n) is 8.88. The van der Waals surface area contributed by atoms with E-state index in [1.807, 2.05) is 6.07 Å². The highest BCUT2D eigenvalue weighted by Crippen LogP contribution is 2.33. The number of aromatic nitrogens is 2. The maximum Gasteiger partial charge on any atom is 0.314 e. The molecule has 3 aromatic rings. The van der Waals surface area contributed by atoms with Gasteiger partial charge in [-0.05, 0) is 35.9 Å². The molecule has 1 unspecified atom stereocenters. The molecule has 0 amide bonds. The Labute approximate surface area is 168 Å². The molecule has 1 N–H and O–H groups in total. The van der Waals surface area contributed by atoms with Gasteiger partial charge in [0.2, 0.25) is 0 Å². The summed E-state index contributed by atoms with van der Waals surface area (Å²) in [4.78, 5) is 19.9. The van der Waals surface area contributed by atoms with Crippen LogP contribution in [0.2, 0.25) is 0 Å². The molecule has 0 bridgehead atoms. The molecule has 0 aliphatic heterocycles. The number of ether oxygens (including phenoxy) is 4. The number of hydrogen-bond donors (Lipinski definition) is 1. The van der Waals surface area contributed by atoms with E-state index >= 15 is 0 Å². The van der Waals surface area contributed by atoms with Gasteiger partial charge >= 0.3 is 5.97 Å². The molecule has 0 radical (unpaired) electrons. The van der Waals surface area contributed by atoms with Crippen molar-refractivity contribution in [1.29, 1.82) is 5.26 Å². The van der Waals surface area contributed by atoms with E-state index < -0.39 is 11.9 Å². The van der Waals surface area contributed by atoms with Crippen molar-refractivity contribution >= 4 is 17.0 Å². The normalized spacial score (nSPS) is 11.5. The van der Waals surface area contributed by atoms with Crippen molar-refractivity contribution in [2.75, 3.05) is 21.3 Å². The topological polar surface area (TPSA) is 106 Å². The van der Waals surface area contributed by atoms with Crippen molar-refractivity contribution in [3.8, 4) is 23.3 Å². The van der Waals surface area contributed by atoms with E-state index in [1.165, 1.54) is 7.11 Å². The lowest BCUT2D eigenvalue weighted by molar-refractivity contribution is -0.142. The monoisotopic (exact) mass is 395 g/mol. The summed E-state index contributed by atoms with van der Waals surface area (Å²) in [5, 5.41) is 9.13. The number of aromatic amines is 1. The molecule has 0 aliphatic rings. The molecule has 0 spiro atoms. The van der Waals surface area contributed by atoms with Gasteiger partial charge in [-0.2, -0.15) is 5.26 Å². The van der Waals surface area contributed by atoms with Crippen LogP contribution in [-0.2, 0) is 16.1 Å². The first kappa shape index (κ1) is 20.0. The van der Waals surface area contributed by atoms with Crippen LogP contribution < -0.4 is 14.2 Å². The maximum atomic E-state index is 12.2. The largest absolute Gasteiger partial charge is 0.497 e. The predicted octanol–water partition coefficient (Wildman–Crippen LogP) is 3.33. The summed E-state index contributed by atoms with van der Waals surface area (Å²) in [7, 11) is 4.45. The second-order valence-corrected chi connectivity index (χ2v) is 6.17. The number of methoxy groups -OCH3 is 3. The van der Waals surface area contributed by atoms with Crippen molar-refractivity contribution in [1.82, 2.24) is 9.97 Å². The standard InChI is InChI=1S/C21H21N3O5/c1-26-13-4-6-14(7-5-13)29-12-18-23-19-15(16(10-11-22)21(25)28-3)8-9-17(27-2)20(19)24-18/h4-9,16H,10,12H2,1-3H3,(H,23,24). The fraction of sp³-hybridized carbons (Fsp3) is 0.286. The lowest BCUT2D eigenvalue weighted by Crippen LogP contribution is -2.14. The Balaban J connectivity index is 1.93. The number of rotatable bonds is 8. The number of nitrogens with zero attached hydrogens (tertiary/aromatic N) is 2. The molecule has 2 aromatic carbocycles. The Morgan fingerprint density at radius 2 is 1.83 bits per heavy atom. The van der Waals surface area contributed by atoms with Gasteiger partial charge in [-0.1, -0.05) is 6.07 Å². The van der Waals surface area contributed by atoms with Gasteiger partial charge in [-0.3, -0.25) is 4.79 Å². The minimum Gasteiger partial charge on any atom is -0.497 e. The van der Waals surface area contributed by atoms with Crippen LogP contribution in [0.4, 0.5) is 0 Å². The Kier molecular flexibility index (Phi) is 6.19. The zero-order valence-corrected chi connectivity index (χ0v) is 16.4. The van der Waals surface area contributed by atoms with Gasteiger partial charge in [0.05, 0.1) is 45.3 Å². The van der Waals surface area contributed by atoms with Crippen molar-refractivity contribution in [3.63, 3.8) is 0 Å². The third-order valence-electron chi connectivity index (χ3n) is 4.50. The van der Waals surface area contributed by atoms with Crippen LogP contribution in [0.3, 0.4) is 0 Å². The van der Waals surface area contributed by atoms with E-state index in [9.17, 15) is 4.79 Å². The van der Waals surface area contributed by atoms with Crippen LogP contribution >= 0.6 is 0 Å². The fourth-order valence-corrected chi connectivity index (χ4v) is 3.04. The summed E-state index contributed by atoms with van der Waals surface area (Å²) >= 11 is 0. The van der Waals surface area contributed by atoms with E-state index in [1.54, 1.807) is 50.6 Å². The Hall–Kier alpha value is -3.73. The summed E-state index contributed by atoms with van der Waals surface area (Å²) in [6.45, 7) is 0.185. The molecule has 0 saturated carbocycles. The smallest absolute Gasteiger partial charge is 0.314 e. The number of carbonyl (C=O) groups excluding carboxylic acids is 1. The minimum atomic E-state index is -0.728. The molecular formula is C21H21N3O5. The zero-order valence-electron chi connectivity index (χ0n) is 16.4. The van der Waals surface area contributed by atoms with Crippen LogP contribution in [0.1, 0.15) is 23.7 Å². The van der Waals surface area contributed by atoms with E-state index in [0.717, 1.165) is 5.75 Å². The highest BCUT2D eigenvalue weighted by atomic mass is 16.5. The Bertz CT molecular complexity index is 1040. The summed E-state index contributed by atoms with van der Waals surface area (Å²) < 4.78 is 21.2. The molecule has 0 aliphatic carbocycles. The zero-order chi connectivity index (χ0) is 20.8. The first-order chi connectivity index (χ1) is 14.1. The van der Waals surface area contributed by atoms with Crippen LogP contribution in [0.15, 0.2) is 36.4 Å². The van der Waals surface area contributed by atoms with Crippen molar-refractivity contribution in [2.45, 2.75) is 18.9 Å². The quantitative estimate of drug-likeness (QED) is 0.583. The molecule has 0 fully saturated rings. The maximum absolute atomic E-state index is 12.2. The summed E-state index contributed by atoms with van der Waals surface area (Å²) in [6, 6.07) is 12.7. The number of esters is 1. The van der Waals surface area contributed by atoms with Crippen LogP contribution in [0.25, 0.3) is 11.0 Å². The SMILES string of the molecule is COC(=O)C(CC#N)c1ccc(OC)c2nc(COc3ccc(OC)cc3)[nH]c12. The van der Waals surface area contributed by atoms with Crippen molar-refractivity contribution in [3.05, 3.63) is 47.8 Å². The number of hydrogen-bond acceptors (Lipinski definition) is 7. The number of H-pyrrole nitrogens is 1. The summed E-state index contributed by atoms with van der Waals surface area (Å²) in [5.74, 6) is 1.30. The highest BCUT2D eigenvalue weighted by molar-refractivity contribution is 5.90. The highest BCUT2D eigenvalue weighted by Gasteiger charge is 2.26. The molecule has 3 rings (SSSR count). The average molecular weight is 395 g/mol. The second-order valence-electron chi connectivity index (χ2n) is 6.17. The number of nitrogens with one attached hydrogen (secondary N) is 1. The van der Waals surface area contributed by atoms with Crippen LogP contribution in [0, 0.1) is 11.3 Å². The fourth-order valence-electron chi connectivity index (χ4n) is 3.04. The minimum absolute atomic E-state index is 0.00912.